The van der Waals surface area contributed by atoms with Crippen molar-refractivity contribution in [2.24, 2.45) is 0 Å². The molecule has 1 unspecified atom stereocenters. The van der Waals surface area contributed by atoms with E-state index in [-0.39, 0.29) is 10.6 Å². The topological polar surface area (TPSA) is 12.5 Å². The summed E-state index contributed by atoms with van der Waals surface area (Å²) in [6.07, 6.45) is -4.85. The largest absolute Gasteiger partial charge is 0.416 e. The predicted octanol–water partition coefficient (Wildman–Crippen LogP) is 3.43. The van der Waals surface area contributed by atoms with E-state index in [0.29, 0.717) is 6.61 Å². The Morgan fingerprint density at radius 2 is 2.00 bits per heavy atom. The summed E-state index contributed by atoms with van der Waals surface area (Å²) in [5.74, 6) is 0. The molecule has 1 atom stereocenters. The highest BCUT2D eigenvalue weighted by molar-refractivity contribution is 6.31. The Labute approximate surface area is 83.4 Å². The molecule has 5 heteroatoms. The number of benzene rings is 1. The molecule has 14 heavy (non-hydrogen) atoms. The van der Waals surface area contributed by atoms with Crippen molar-refractivity contribution < 1.29 is 17.9 Å². The molecule has 1 saturated heterocycles. The van der Waals surface area contributed by atoms with Crippen molar-refractivity contribution in [3.8, 4) is 0 Å². The van der Waals surface area contributed by atoms with Gasteiger partial charge in [-0.25, -0.2) is 0 Å². The Hall–Kier alpha value is -0.740. The molecule has 0 bridgehead atoms. The first kappa shape index (κ1) is 9.80. The fourth-order valence-electron chi connectivity index (χ4n) is 1.33. The van der Waals surface area contributed by atoms with E-state index < -0.39 is 17.8 Å². The number of halogens is 4. The maximum absolute atomic E-state index is 12.5. The molecule has 2 rings (SSSR count). The summed E-state index contributed by atoms with van der Waals surface area (Å²) < 4.78 is 42.3. The van der Waals surface area contributed by atoms with Crippen LogP contribution < -0.4 is 0 Å². The van der Waals surface area contributed by atoms with E-state index in [4.69, 9.17) is 16.3 Å². The molecule has 1 aromatic rings. The van der Waals surface area contributed by atoms with Crippen molar-refractivity contribution >= 4 is 11.6 Å². The van der Waals surface area contributed by atoms with E-state index in [9.17, 15) is 13.2 Å². The lowest BCUT2D eigenvalue weighted by Crippen LogP contribution is -2.09. The van der Waals surface area contributed by atoms with Gasteiger partial charge in [0, 0.05) is 10.6 Å². The lowest BCUT2D eigenvalue weighted by atomic mass is 10.0. The molecule has 1 nitrogen and oxygen atoms in total. The molecular weight excluding hydrogens is 217 g/mol. The third-order valence-electron chi connectivity index (χ3n) is 2.01. The molecule has 76 valence electrons. The monoisotopic (exact) mass is 222 g/mol. The van der Waals surface area contributed by atoms with Gasteiger partial charge in [0.05, 0.1) is 12.2 Å². The first-order valence-electron chi connectivity index (χ1n) is 3.97. The van der Waals surface area contributed by atoms with Gasteiger partial charge in [0.25, 0.3) is 0 Å². The number of hydrogen-bond acceptors (Lipinski definition) is 1. The Morgan fingerprint density at radius 1 is 1.36 bits per heavy atom. The molecule has 0 saturated carbocycles. The van der Waals surface area contributed by atoms with Crippen LogP contribution >= 0.6 is 11.6 Å². The SMILES string of the molecule is FC(F)(F)c1cccc(Cl)c1C1CO1. The number of ether oxygens (including phenoxy) is 1. The average Bonchev–Trinajstić information content (AvgIpc) is 2.85. The molecular formula is C9H6ClF3O. The molecule has 1 aromatic carbocycles. The number of hydrogen-bond donors (Lipinski definition) is 0. The smallest absolute Gasteiger partial charge is 0.368 e. The van der Waals surface area contributed by atoms with Gasteiger partial charge in [-0.2, -0.15) is 13.2 Å². The van der Waals surface area contributed by atoms with Crippen LogP contribution in [0.15, 0.2) is 18.2 Å². The summed E-state index contributed by atoms with van der Waals surface area (Å²) >= 11 is 5.69. The Bertz CT molecular complexity index is 358. The highest BCUT2D eigenvalue weighted by Gasteiger charge is 2.40. The van der Waals surface area contributed by atoms with Crippen molar-refractivity contribution in [1.29, 1.82) is 0 Å². The lowest BCUT2D eigenvalue weighted by molar-refractivity contribution is -0.138. The minimum absolute atomic E-state index is 0.0571. The van der Waals surface area contributed by atoms with Gasteiger partial charge in [-0.1, -0.05) is 17.7 Å². The molecule has 0 radical (unpaired) electrons. The summed E-state index contributed by atoms with van der Waals surface area (Å²) in [6.45, 7) is 0.312. The van der Waals surface area contributed by atoms with Crippen molar-refractivity contribution in [1.82, 2.24) is 0 Å². The van der Waals surface area contributed by atoms with Crippen LogP contribution in [-0.4, -0.2) is 6.61 Å². The zero-order chi connectivity index (χ0) is 10.3. The van der Waals surface area contributed by atoms with Crippen LogP contribution in [0.1, 0.15) is 17.2 Å². The fourth-order valence-corrected chi connectivity index (χ4v) is 1.62. The first-order chi connectivity index (χ1) is 6.50. The van der Waals surface area contributed by atoms with Crippen LogP contribution in [0.5, 0.6) is 0 Å². The van der Waals surface area contributed by atoms with Gasteiger partial charge in [0.1, 0.15) is 6.10 Å². The van der Waals surface area contributed by atoms with Gasteiger partial charge in [-0.05, 0) is 12.1 Å². The molecule has 0 aromatic heterocycles. The standard InChI is InChI=1S/C9H6ClF3O/c10-6-3-1-2-5(9(11,12)13)8(6)7-4-14-7/h1-3,7H,4H2. The van der Waals surface area contributed by atoms with Crippen LogP contribution in [0, 0.1) is 0 Å². The maximum atomic E-state index is 12.5. The number of alkyl halides is 3. The van der Waals surface area contributed by atoms with Gasteiger partial charge in [0.2, 0.25) is 0 Å². The van der Waals surface area contributed by atoms with Crippen molar-refractivity contribution in [2.45, 2.75) is 12.3 Å². The van der Waals surface area contributed by atoms with E-state index in [1.54, 1.807) is 0 Å². The summed E-state index contributed by atoms with van der Waals surface area (Å²) in [6, 6.07) is 3.74. The number of epoxide rings is 1. The summed E-state index contributed by atoms with van der Waals surface area (Å²) in [5, 5.41) is 0.113. The minimum atomic E-state index is -4.37. The predicted molar refractivity (Wildman–Crippen MR) is 45.1 cm³/mol. The third kappa shape index (κ3) is 1.72. The van der Waals surface area contributed by atoms with Gasteiger partial charge < -0.3 is 4.74 Å². The van der Waals surface area contributed by atoms with Gasteiger partial charge in [0.15, 0.2) is 0 Å². The zero-order valence-corrected chi connectivity index (χ0v) is 7.69. The van der Waals surface area contributed by atoms with Crippen LogP contribution in [-0.2, 0) is 10.9 Å². The summed E-state index contributed by atoms with van der Waals surface area (Å²) in [5.41, 5.74) is -0.644. The number of rotatable bonds is 1. The van der Waals surface area contributed by atoms with Crippen molar-refractivity contribution in [2.75, 3.05) is 6.61 Å². The van der Waals surface area contributed by atoms with Crippen LogP contribution in [0.4, 0.5) is 13.2 Å². The minimum Gasteiger partial charge on any atom is -0.368 e. The normalized spacial score (nSPS) is 21.0. The zero-order valence-electron chi connectivity index (χ0n) is 6.94. The Kier molecular flexibility index (Phi) is 2.20. The molecule has 1 fully saturated rings. The van der Waals surface area contributed by atoms with E-state index in [1.807, 2.05) is 0 Å². The second-order valence-corrected chi connectivity index (χ2v) is 3.43. The second kappa shape index (κ2) is 3.14. The molecule has 0 amide bonds. The molecule has 1 aliphatic rings. The molecule has 0 N–H and O–H groups in total. The molecule has 1 aliphatic heterocycles. The quantitative estimate of drug-likeness (QED) is 0.664. The molecule has 0 spiro atoms. The van der Waals surface area contributed by atoms with Gasteiger partial charge in [-0.3, -0.25) is 0 Å². The van der Waals surface area contributed by atoms with E-state index >= 15 is 0 Å². The van der Waals surface area contributed by atoms with Crippen molar-refractivity contribution in [3.63, 3.8) is 0 Å². The van der Waals surface area contributed by atoms with Crippen molar-refractivity contribution in [3.05, 3.63) is 34.3 Å². The van der Waals surface area contributed by atoms with Crippen LogP contribution in [0.2, 0.25) is 5.02 Å². The van der Waals surface area contributed by atoms with E-state index in [0.717, 1.165) is 6.07 Å². The Morgan fingerprint density at radius 3 is 2.50 bits per heavy atom. The van der Waals surface area contributed by atoms with Gasteiger partial charge >= 0.3 is 6.18 Å². The van der Waals surface area contributed by atoms with E-state index in [2.05, 4.69) is 0 Å². The first-order valence-corrected chi connectivity index (χ1v) is 4.35. The maximum Gasteiger partial charge on any atom is 0.416 e. The summed E-state index contributed by atoms with van der Waals surface area (Å²) in [4.78, 5) is 0. The Balaban J connectivity index is 2.53. The highest BCUT2D eigenvalue weighted by Crippen LogP contribution is 2.43. The van der Waals surface area contributed by atoms with Gasteiger partial charge in [-0.15, -0.1) is 0 Å². The van der Waals surface area contributed by atoms with Crippen LogP contribution in [0.25, 0.3) is 0 Å². The highest BCUT2D eigenvalue weighted by atomic mass is 35.5. The lowest BCUT2D eigenvalue weighted by Gasteiger charge is -2.12. The second-order valence-electron chi connectivity index (χ2n) is 3.02. The van der Waals surface area contributed by atoms with Crippen LogP contribution in [0.3, 0.4) is 0 Å². The fraction of sp³-hybridized carbons (Fsp3) is 0.333. The third-order valence-corrected chi connectivity index (χ3v) is 2.34. The average molecular weight is 223 g/mol. The molecule has 0 aliphatic carbocycles. The molecule has 1 heterocycles. The van der Waals surface area contributed by atoms with E-state index in [1.165, 1.54) is 12.1 Å². The summed E-state index contributed by atoms with van der Waals surface area (Å²) in [7, 11) is 0.